The normalized spacial score (nSPS) is 22.8. The van der Waals surface area contributed by atoms with Crippen LogP contribution >= 0.6 is 23.2 Å². The number of ether oxygens (including phenoxy) is 1. The van der Waals surface area contributed by atoms with E-state index in [2.05, 4.69) is 10.3 Å². The van der Waals surface area contributed by atoms with Gasteiger partial charge in [-0.25, -0.2) is 12.8 Å². The number of carbonyl (C=O) groups is 2. The lowest BCUT2D eigenvalue weighted by molar-refractivity contribution is -0.189. The fourth-order valence-corrected chi connectivity index (χ4v) is 7.54. The summed E-state index contributed by atoms with van der Waals surface area (Å²) in [5.74, 6) is -2.56. The fourth-order valence-electron chi connectivity index (χ4n) is 5.16. The number of carbonyl (C=O) groups excluding carboxylic acids is 2. The minimum absolute atomic E-state index is 0.0153. The maximum Gasteiger partial charge on any atom is 0.425 e. The van der Waals surface area contributed by atoms with E-state index in [-0.39, 0.29) is 35.7 Å². The van der Waals surface area contributed by atoms with E-state index in [1.54, 1.807) is 0 Å². The van der Waals surface area contributed by atoms with Gasteiger partial charge >= 0.3 is 6.18 Å². The van der Waals surface area contributed by atoms with Crippen molar-refractivity contribution in [2.24, 2.45) is 0 Å². The first-order chi connectivity index (χ1) is 20.0. The third-order valence-electron chi connectivity index (χ3n) is 8.00. The molecule has 43 heavy (non-hydrogen) atoms. The number of alkyl halides is 3. The highest BCUT2D eigenvalue weighted by Crippen LogP contribution is 2.51. The molecule has 5 rings (SSSR count). The first-order valence-electron chi connectivity index (χ1n) is 13.2. The van der Waals surface area contributed by atoms with Gasteiger partial charge in [0.2, 0.25) is 11.8 Å². The second kappa shape index (κ2) is 10.8. The van der Waals surface area contributed by atoms with Gasteiger partial charge < -0.3 is 15.0 Å². The molecule has 1 aromatic carbocycles. The van der Waals surface area contributed by atoms with E-state index < -0.39 is 78.5 Å². The zero-order valence-corrected chi connectivity index (χ0v) is 24.7. The summed E-state index contributed by atoms with van der Waals surface area (Å²) in [5.41, 5.74) is -2.71. The van der Waals surface area contributed by atoms with Crippen LogP contribution in [0.1, 0.15) is 44.7 Å². The number of sulfone groups is 1. The van der Waals surface area contributed by atoms with Crippen LogP contribution in [0, 0.1) is 17.1 Å². The Morgan fingerprint density at radius 2 is 1.88 bits per heavy atom. The Balaban J connectivity index is 1.45. The molecule has 1 unspecified atom stereocenters. The molecule has 2 heterocycles. The number of nitrogens with zero attached hydrogens (tertiary/aromatic N) is 3. The van der Waals surface area contributed by atoms with E-state index in [0.717, 1.165) is 36.1 Å². The van der Waals surface area contributed by atoms with Crippen molar-refractivity contribution in [3.63, 3.8) is 0 Å². The lowest BCUT2D eigenvalue weighted by Gasteiger charge is -2.28. The van der Waals surface area contributed by atoms with Crippen LogP contribution < -0.4 is 10.1 Å². The Kier molecular flexibility index (Phi) is 7.84. The SMILES string of the molecule is CC(Oc1ccc(S(=O)(=O)[C@@H]2C[C@@H](C(=O)NC3(C#N)CC3)N(C(=O)C3(c4ncc(Cl)cc4F)CC3)C2)c(Cl)c1)C(F)(F)F. The largest absolute Gasteiger partial charge is 0.481 e. The Hall–Kier alpha value is -3.15. The molecule has 0 spiro atoms. The number of nitriles is 1. The minimum Gasteiger partial charge on any atom is -0.481 e. The highest BCUT2D eigenvalue weighted by atomic mass is 35.5. The molecule has 0 bridgehead atoms. The quantitative estimate of drug-likeness (QED) is 0.412. The van der Waals surface area contributed by atoms with Crippen molar-refractivity contribution in [1.82, 2.24) is 15.2 Å². The summed E-state index contributed by atoms with van der Waals surface area (Å²) in [4.78, 5) is 32.0. The fraction of sp³-hybridized carbons (Fsp3) is 0.481. The molecule has 2 amide bonds. The Bertz CT molecular complexity index is 1640. The molecule has 3 atom stereocenters. The molecule has 230 valence electrons. The van der Waals surface area contributed by atoms with E-state index in [4.69, 9.17) is 27.9 Å². The Morgan fingerprint density at radius 1 is 1.21 bits per heavy atom. The zero-order chi connectivity index (χ0) is 31.5. The van der Waals surface area contributed by atoms with Gasteiger partial charge in [-0.3, -0.25) is 14.6 Å². The highest BCUT2D eigenvalue weighted by molar-refractivity contribution is 7.92. The van der Waals surface area contributed by atoms with Crippen LogP contribution in [-0.4, -0.2) is 65.8 Å². The summed E-state index contributed by atoms with van der Waals surface area (Å²) in [6.45, 7) is 0.319. The van der Waals surface area contributed by atoms with Crippen LogP contribution in [0.4, 0.5) is 17.6 Å². The third-order valence-corrected chi connectivity index (χ3v) is 10.8. The number of amides is 2. The second-order valence-electron chi connectivity index (χ2n) is 11.0. The van der Waals surface area contributed by atoms with Gasteiger partial charge in [0.05, 0.1) is 37.4 Å². The molecular weight excluding hydrogens is 639 g/mol. The lowest BCUT2D eigenvalue weighted by Crippen LogP contribution is -2.52. The number of halogens is 6. The van der Waals surface area contributed by atoms with Gasteiger partial charge in [-0.1, -0.05) is 23.2 Å². The standard InChI is InChI=1S/C27H24Cl2F4N4O5S/c1-14(27(31,32)33)42-16-2-3-21(18(29)9-16)43(40,41)17-10-20(23(38)36-25(13-34)4-5-25)37(12-17)24(39)26(6-7-26)22-19(30)8-15(28)11-35-22/h2-3,8-9,11,14,17,20H,4-7,10,12H2,1H3,(H,36,38)/t14?,17-,20+/m1/s1. The van der Waals surface area contributed by atoms with Crippen molar-refractivity contribution in [1.29, 1.82) is 5.26 Å². The first kappa shape index (κ1) is 31.3. The monoisotopic (exact) mass is 662 g/mol. The maximum absolute atomic E-state index is 14.9. The lowest BCUT2D eigenvalue weighted by atomic mass is 9.98. The van der Waals surface area contributed by atoms with Crippen molar-refractivity contribution in [3.8, 4) is 11.8 Å². The average molecular weight is 663 g/mol. The number of nitrogens with one attached hydrogen (secondary N) is 1. The molecular formula is C27H24Cl2F4N4O5S. The minimum atomic E-state index is -4.67. The second-order valence-corrected chi connectivity index (χ2v) is 14.1. The van der Waals surface area contributed by atoms with Gasteiger partial charge in [0.25, 0.3) is 0 Å². The van der Waals surface area contributed by atoms with Gasteiger partial charge in [-0.05, 0) is 57.2 Å². The predicted molar refractivity (Wildman–Crippen MR) is 145 cm³/mol. The number of benzene rings is 1. The molecule has 16 heteroatoms. The van der Waals surface area contributed by atoms with Crippen molar-refractivity contribution < 1.29 is 40.3 Å². The number of pyridine rings is 1. The summed E-state index contributed by atoms with van der Waals surface area (Å²) in [7, 11) is -4.37. The van der Waals surface area contributed by atoms with Gasteiger partial charge in [-0.2, -0.15) is 18.4 Å². The number of likely N-dealkylation sites (tertiary alicyclic amines) is 1. The van der Waals surface area contributed by atoms with Crippen LogP contribution in [0.25, 0.3) is 0 Å². The van der Waals surface area contributed by atoms with E-state index >= 15 is 0 Å². The van der Waals surface area contributed by atoms with Crippen LogP contribution in [0.2, 0.25) is 10.0 Å². The van der Waals surface area contributed by atoms with E-state index in [0.29, 0.717) is 12.8 Å². The Morgan fingerprint density at radius 3 is 2.42 bits per heavy atom. The molecule has 3 aliphatic rings. The average Bonchev–Trinajstić information content (AvgIpc) is 3.84. The predicted octanol–water partition coefficient (Wildman–Crippen LogP) is 4.50. The number of aromatic nitrogens is 1. The maximum atomic E-state index is 14.9. The van der Waals surface area contributed by atoms with Gasteiger partial charge in [0, 0.05) is 18.8 Å². The summed E-state index contributed by atoms with van der Waals surface area (Å²) >= 11 is 12.0. The van der Waals surface area contributed by atoms with Crippen molar-refractivity contribution in [3.05, 3.63) is 52.0 Å². The highest BCUT2D eigenvalue weighted by Gasteiger charge is 2.60. The molecule has 2 aromatic rings. The summed E-state index contributed by atoms with van der Waals surface area (Å²) in [5, 5.41) is 10.3. The Labute approximate surface area is 254 Å². The van der Waals surface area contributed by atoms with Crippen LogP contribution in [-0.2, 0) is 24.8 Å². The number of hydrogen-bond donors (Lipinski definition) is 1. The number of rotatable bonds is 8. The van der Waals surface area contributed by atoms with E-state index in [9.17, 15) is 40.8 Å². The summed E-state index contributed by atoms with van der Waals surface area (Å²) < 4.78 is 85.9. The van der Waals surface area contributed by atoms with E-state index in [1.807, 2.05) is 6.07 Å². The third kappa shape index (κ3) is 5.86. The van der Waals surface area contributed by atoms with Gasteiger partial charge in [0.1, 0.15) is 23.1 Å². The topological polar surface area (TPSA) is 129 Å². The number of hydrogen-bond acceptors (Lipinski definition) is 7. The summed E-state index contributed by atoms with van der Waals surface area (Å²) in [6, 6.07) is 4.67. The first-order valence-corrected chi connectivity index (χ1v) is 15.5. The van der Waals surface area contributed by atoms with Crippen molar-refractivity contribution in [2.45, 2.75) is 78.4 Å². The van der Waals surface area contributed by atoms with Crippen LogP contribution in [0.15, 0.2) is 35.4 Å². The smallest absolute Gasteiger partial charge is 0.425 e. The molecule has 1 aromatic heterocycles. The van der Waals surface area contributed by atoms with Crippen molar-refractivity contribution >= 4 is 44.9 Å². The molecule has 1 N–H and O–H groups in total. The zero-order valence-electron chi connectivity index (χ0n) is 22.4. The molecule has 3 fully saturated rings. The molecule has 2 aliphatic carbocycles. The van der Waals surface area contributed by atoms with Crippen molar-refractivity contribution in [2.75, 3.05) is 6.54 Å². The van der Waals surface area contributed by atoms with Crippen LogP contribution in [0.3, 0.4) is 0 Å². The summed E-state index contributed by atoms with van der Waals surface area (Å²) in [6.07, 6.45) is -4.86. The molecule has 0 radical (unpaired) electrons. The van der Waals surface area contributed by atoms with Gasteiger partial charge in [0.15, 0.2) is 15.9 Å². The molecule has 2 saturated carbocycles. The van der Waals surface area contributed by atoms with Gasteiger partial charge in [-0.15, -0.1) is 0 Å². The molecule has 1 saturated heterocycles. The molecule has 1 aliphatic heterocycles. The molecule has 9 nitrogen and oxygen atoms in total. The van der Waals surface area contributed by atoms with E-state index in [1.165, 1.54) is 6.20 Å². The van der Waals surface area contributed by atoms with Crippen LogP contribution in [0.5, 0.6) is 5.75 Å².